The molecule has 1 aliphatic rings. The lowest BCUT2D eigenvalue weighted by atomic mass is 10.5. The summed E-state index contributed by atoms with van der Waals surface area (Å²) in [6, 6.07) is 0. The van der Waals surface area contributed by atoms with Crippen LogP contribution in [0.5, 0.6) is 0 Å². The van der Waals surface area contributed by atoms with Crippen molar-refractivity contribution in [2.45, 2.75) is 5.97 Å². The molecule has 0 unspecified atom stereocenters. The van der Waals surface area contributed by atoms with Crippen molar-refractivity contribution in [2.24, 2.45) is 0 Å². The first-order valence-electron chi connectivity index (χ1n) is 3.03. The van der Waals surface area contributed by atoms with Crippen LogP contribution in [0.3, 0.4) is 0 Å². The first-order chi connectivity index (χ1) is 5.56. The molecule has 0 aromatic rings. The van der Waals surface area contributed by atoms with E-state index >= 15 is 0 Å². The van der Waals surface area contributed by atoms with E-state index in [0.717, 1.165) is 12.2 Å². The van der Waals surface area contributed by atoms with Gasteiger partial charge in [-0.05, 0) is 0 Å². The van der Waals surface area contributed by atoms with Crippen LogP contribution in [0, 0.1) is 0 Å². The lowest BCUT2D eigenvalue weighted by Gasteiger charge is -2.21. The Labute approximate surface area is 67.0 Å². The van der Waals surface area contributed by atoms with Gasteiger partial charge in [-0.15, -0.1) is 0 Å². The van der Waals surface area contributed by atoms with Crippen molar-refractivity contribution in [1.29, 1.82) is 0 Å². The van der Waals surface area contributed by atoms with Crippen LogP contribution in [0.25, 0.3) is 0 Å². The van der Waals surface area contributed by atoms with E-state index < -0.39 is 24.5 Å². The molecule has 0 atom stereocenters. The molecule has 0 saturated heterocycles. The predicted octanol–water partition coefficient (Wildman–Crippen LogP) is -1.72. The molecule has 6 nitrogen and oxygen atoms in total. The fourth-order valence-corrected chi connectivity index (χ4v) is 0.604. The second-order valence-corrected chi connectivity index (χ2v) is 2.05. The summed E-state index contributed by atoms with van der Waals surface area (Å²) < 4.78 is 8.31. The summed E-state index contributed by atoms with van der Waals surface area (Å²) in [5.41, 5.74) is 0. The molecule has 6 heteroatoms. The Morgan fingerprint density at radius 2 is 1.67 bits per heavy atom. The van der Waals surface area contributed by atoms with Crippen LogP contribution in [0.15, 0.2) is 12.2 Å². The third kappa shape index (κ3) is 1.80. The molecule has 0 aromatic heterocycles. The maximum Gasteiger partial charge on any atom is 0.398 e. The van der Waals surface area contributed by atoms with Gasteiger partial charge >= 0.3 is 17.9 Å². The molecule has 0 aromatic carbocycles. The van der Waals surface area contributed by atoms with Crippen LogP contribution in [-0.4, -0.2) is 34.7 Å². The molecule has 1 heterocycles. The molecule has 1 aliphatic heterocycles. The van der Waals surface area contributed by atoms with Gasteiger partial charge in [0, 0.05) is 12.2 Å². The van der Waals surface area contributed by atoms with Gasteiger partial charge in [0.2, 0.25) is 0 Å². The van der Waals surface area contributed by atoms with Gasteiger partial charge in [0.15, 0.2) is 0 Å². The maximum atomic E-state index is 10.6. The molecule has 66 valence electrons. The summed E-state index contributed by atoms with van der Waals surface area (Å²) in [7, 11) is 0. The van der Waals surface area contributed by atoms with E-state index in [9.17, 15) is 9.59 Å². The molecule has 0 saturated carbocycles. The van der Waals surface area contributed by atoms with Crippen molar-refractivity contribution in [3.63, 3.8) is 0 Å². The van der Waals surface area contributed by atoms with E-state index in [0.29, 0.717) is 0 Å². The largest absolute Gasteiger partial charge is 0.398 e. The van der Waals surface area contributed by atoms with E-state index in [1.807, 2.05) is 0 Å². The number of hydrogen-bond acceptors (Lipinski definition) is 6. The van der Waals surface area contributed by atoms with Crippen molar-refractivity contribution in [3.05, 3.63) is 12.2 Å². The minimum Gasteiger partial charge on any atom is -0.393 e. The average Bonchev–Trinajstić information content (AvgIpc) is 2.11. The number of carbonyl (C=O) groups excluding carboxylic acids is 2. The van der Waals surface area contributed by atoms with Crippen molar-refractivity contribution < 1.29 is 29.3 Å². The summed E-state index contributed by atoms with van der Waals surface area (Å²) >= 11 is 0. The normalized spacial score (nSPS) is 21.2. The van der Waals surface area contributed by atoms with E-state index in [1.165, 1.54) is 0 Å². The molecule has 2 N–H and O–H groups in total. The Morgan fingerprint density at radius 3 is 2.00 bits per heavy atom. The molecule has 0 amide bonds. The number of esters is 2. The third-order valence-corrected chi connectivity index (χ3v) is 1.08. The number of hydrogen-bond donors (Lipinski definition) is 2. The first-order valence-corrected chi connectivity index (χ1v) is 3.03. The third-order valence-electron chi connectivity index (χ3n) is 1.08. The van der Waals surface area contributed by atoms with Crippen LogP contribution in [0.4, 0.5) is 0 Å². The van der Waals surface area contributed by atoms with Crippen molar-refractivity contribution in [1.82, 2.24) is 0 Å². The topological polar surface area (TPSA) is 93.1 Å². The molecule has 0 spiro atoms. The van der Waals surface area contributed by atoms with Crippen molar-refractivity contribution in [2.75, 3.05) is 6.61 Å². The lowest BCUT2D eigenvalue weighted by molar-refractivity contribution is -0.331. The molecular formula is C6H6O6. The highest BCUT2D eigenvalue weighted by Gasteiger charge is 2.36. The highest BCUT2D eigenvalue weighted by Crippen LogP contribution is 2.12. The average molecular weight is 174 g/mol. The standard InChI is InChI=1S/C6H6O6/c7-3-6(10)11-4(8)1-2-5(9)12-6/h1-2,7,10H,3H2. The Balaban J connectivity index is 2.83. The van der Waals surface area contributed by atoms with Gasteiger partial charge in [-0.2, -0.15) is 0 Å². The molecule has 0 aliphatic carbocycles. The second kappa shape index (κ2) is 2.92. The zero-order valence-corrected chi connectivity index (χ0v) is 5.89. The maximum absolute atomic E-state index is 10.6. The van der Waals surface area contributed by atoms with Gasteiger partial charge < -0.3 is 19.7 Å². The molecule has 0 fully saturated rings. The highest BCUT2D eigenvalue weighted by molar-refractivity contribution is 5.93. The highest BCUT2D eigenvalue weighted by atomic mass is 16.8. The molecule has 12 heavy (non-hydrogen) atoms. The first kappa shape index (κ1) is 8.69. The van der Waals surface area contributed by atoms with Gasteiger partial charge in [-0.1, -0.05) is 0 Å². The van der Waals surface area contributed by atoms with Crippen LogP contribution in [0.2, 0.25) is 0 Å². The van der Waals surface area contributed by atoms with E-state index in [4.69, 9.17) is 10.2 Å². The van der Waals surface area contributed by atoms with Crippen LogP contribution in [-0.2, 0) is 19.1 Å². The van der Waals surface area contributed by atoms with Gasteiger partial charge in [-0.25, -0.2) is 9.59 Å². The zero-order chi connectivity index (χ0) is 9.19. The summed E-state index contributed by atoms with van der Waals surface area (Å²) in [6.07, 6.45) is 1.58. The number of rotatable bonds is 1. The Kier molecular flexibility index (Phi) is 2.11. The van der Waals surface area contributed by atoms with Gasteiger partial charge in [0.1, 0.15) is 6.61 Å². The molecular weight excluding hydrogens is 168 g/mol. The Bertz CT molecular complexity index is 222. The second-order valence-electron chi connectivity index (χ2n) is 2.05. The fraction of sp³-hybridized carbons (Fsp3) is 0.333. The summed E-state index contributed by atoms with van der Waals surface area (Å²) in [5.74, 6) is -4.48. The number of ether oxygens (including phenoxy) is 2. The van der Waals surface area contributed by atoms with Crippen molar-refractivity contribution >= 4 is 11.9 Å². The van der Waals surface area contributed by atoms with Gasteiger partial charge in [0.05, 0.1) is 0 Å². The fourth-order valence-electron chi connectivity index (χ4n) is 0.604. The summed E-state index contributed by atoms with van der Waals surface area (Å²) in [4.78, 5) is 21.2. The minimum absolute atomic E-state index is 0.788. The predicted molar refractivity (Wildman–Crippen MR) is 33.4 cm³/mol. The Morgan fingerprint density at radius 1 is 1.25 bits per heavy atom. The number of carbonyl (C=O) groups is 2. The minimum atomic E-state index is -2.56. The number of aliphatic hydroxyl groups is 2. The van der Waals surface area contributed by atoms with E-state index in [1.54, 1.807) is 0 Å². The summed E-state index contributed by atoms with van der Waals surface area (Å²) in [6.45, 7) is -1.01. The van der Waals surface area contributed by atoms with Crippen LogP contribution in [0.1, 0.15) is 0 Å². The van der Waals surface area contributed by atoms with Gasteiger partial charge in [-0.3, -0.25) is 0 Å². The quantitative estimate of drug-likeness (QED) is 0.459. The number of cyclic esters (lactones) is 2. The lowest BCUT2D eigenvalue weighted by Crippen LogP contribution is -2.41. The van der Waals surface area contributed by atoms with Gasteiger partial charge in [0.25, 0.3) is 0 Å². The van der Waals surface area contributed by atoms with Crippen LogP contribution < -0.4 is 0 Å². The number of aliphatic hydroxyl groups excluding tert-OH is 1. The monoisotopic (exact) mass is 174 g/mol. The molecule has 1 rings (SSSR count). The van der Waals surface area contributed by atoms with E-state index in [2.05, 4.69) is 9.47 Å². The smallest absolute Gasteiger partial charge is 0.393 e. The van der Waals surface area contributed by atoms with Crippen LogP contribution >= 0.6 is 0 Å². The SMILES string of the molecule is O=C1C=CC(=O)OC(O)(CO)O1. The molecule has 0 bridgehead atoms. The Hall–Kier alpha value is -1.40. The molecule has 0 radical (unpaired) electrons. The van der Waals surface area contributed by atoms with E-state index in [-0.39, 0.29) is 0 Å². The van der Waals surface area contributed by atoms with Crippen molar-refractivity contribution in [3.8, 4) is 0 Å². The summed E-state index contributed by atoms with van der Waals surface area (Å²) in [5, 5.41) is 17.5. The zero-order valence-electron chi connectivity index (χ0n) is 5.89.